The Labute approximate surface area is 234 Å². The topological polar surface area (TPSA) is 61.7 Å². The molecule has 40 heavy (non-hydrogen) atoms. The molecule has 4 aromatic rings. The first-order valence-electron chi connectivity index (χ1n) is 14.4. The minimum absolute atomic E-state index is 0.241. The summed E-state index contributed by atoms with van der Waals surface area (Å²) in [6.45, 7) is 10.4. The molecule has 2 aromatic carbocycles. The van der Waals surface area contributed by atoms with Gasteiger partial charge in [-0.05, 0) is 61.2 Å². The van der Waals surface area contributed by atoms with E-state index in [9.17, 15) is 0 Å². The van der Waals surface area contributed by atoms with Crippen molar-refractivity contribution in [2.75, 3.05) is 62.7 Å². The lowest BCUT2D eigenvalue weighted by Crippen LogP contribution is -2.46. The first kappa shape index (κ1) is 25.4. The van der Waals surface area contributed by atoms with Gasteiger partial charge in [0.15, 0.2) is 0 Å². The van der Waals surface area contributed by atoms with Crippen molar-refractivity contribution in [1.29, 1.82) is 0 Å². The molecular weight excluding hydrogens is 505 g/mol. The Hall–Kier alpha value is -3.53. The van der Waals surface area contributed by atoms with E-state index in [1.54, 1.807) is 6.07 Å². The molecule has 8 nitrogen and oxygen atoms in total. The van der Waals surface area contributed by atoms with Gasteiger partial charge < -0.3 is 19.5 Å². The molecule has 2 aliphatic heterocycles. The molecule has 4 heterocycles. The molecule has 9 heteroatoms. The van der Waals surface area contributed by atoms with Gasteiger partial charge in [0, 0.05) is 81.4 Å². The molecule has 3 aliphatic rings. The highest BCUT2D eigenvalue weighted by Crippen LogP contribution is 2.29. The van der Waals surface area contributed by atoms with Crippen LogP contribution in [0.4, 0.5) is 21.7 Å². The number of nitrogens with zero attached hydrogens (tertiary/aromatic N) is 6. The Morgan fingerprint density at radius 1 is 0.975 bits per heavy atom. The van der Waals surface area contributed by atoms with E-state index in [4.69, 9.17) is 9.72 Å². The molecule has 208 valence electrons. The second-order valence-electron chi connectivity index (χ2n) is 11.2. The van der Waals surface area contributed by atoms with Crippen LogP contribution in [0.15, 0.2) is 54.9 Å². The van der Waals surface area contributed by atoms with Crippen LogP contribution < -0.4 is 10.2 Å². The summed E-state index contributed by atoms with van der Waals surface area (Å²) in [6, 6.07) is 14.6. The second kappa shape index (κ2) is 10.8. The van der Waals surface area contributed by atoms with Gasteiger partial charge in [0.05, 0.1) is 24.6 Å². The standard InChI is InChI=1S/C31H36FN7O/c1-22-2-3-25(18-24(22)21-36-10-12-37(13-11-36)26-4-5-26)34-31-33-20-23-8-9-39(30(23)35-31)27-6-7-29(28(32)19-27)38-14-16-40-17-15-38/h2-3,6-9,18-20,26H,4-5,10-17,21H2,1H3,(H,33,34,35). The maximum atomic E-state index is 15.1. The van der Waals surface area contributed by atoms with Gasteiger partial charge in [-0.2, -0.15) is 4.98 Å². The normalized spacial score (nSPS) is 18.9. The number of rotatable bonds is 7. The van der Waals surface area contributed by atoms with Crippen molar-refractivity contribution in [2.24, 2.45) is 0 Å². The summed E-state index contributed by atoms with van der Waals surface area (Å²) in [4.78, 5) is 16.6. The van der Waals surface area contributed by atoms with E-state index in [1.165, 1.54) is 37.1 Å². The Balaban J connectivity index is 1.08. The van der Waals surface area contributed by atoms with E-state index in [-0.39, 0.29) is 5.82 Å². The fraction of sp³-hybridized carbons (Fsp3) is 0.419. The van der Waals surface area contributed by atoms with Crippen molar-refractivity contribution in [2.45, 2.75) is 32.4 Å². The predicted octanol–water partition coefficient (Wildman–Crippen LogP) is 4.73. The van der Waals surface area contributed by atoms with E-state index in [1.807, 2.05) is 40.1 Å². The van der Waals surface area contributed by atoms with Gasteiger partial charge in [0.1, 0.15) is 11.5 Å². The number of halogens is 1. The van der Waals surface area contributed by atoms with Crippen LogP contribution in [0.3, 0.4) is 0 Å². The zero-order valence-electron chi connectivity index (χ0n) is 23.0. The number of aryl methyl sites for hydroxylation is 1. The monoisotopic (exact) mass is 541 g/mol. The number of anilines is 3. The minimum atomic E-state index is -0.241. The van der Waals surface area contributed by atoms with Crippen molar-refractivity contribution < 1.29 is 9.13 Å². The third-order valence-electron chi connectivity index (χ3n) is 8.46. The Morgan fingerprint density at radius 2 is 1.80 bits per heavy atom. The number of morpholine rings is 1. The number of benzene rings is 2. The summed E-state index contributed by atoms with van der Waals surface area (Å²) in [5.74, 6) is 0.278. The van der Waals surface area contributed by atoms with Crippen LogP contribution in [-0.2, 0) is 11.3 Å². The van der Waals surface area contributed by atoms with Crippen molar-refractivity contribution in [3.05, 3.63) is 71.8 Å². The molecule has 0 atom stereocenters. The van der Waals surface area contributed by atoms with Gasteiger partial charge in [-0.25, -0.2) is 9.37 Å². The SMILES string of the molecule is Cc1ccc(Nc2ncc3ccn(-c4ccc(N5CCOCC5)c(F)c4)c3n2)cc1CN1CCN(C2CC2)CC1. The Morgan fingerprint density at radius 3 is 2.58 bits per heavy atom. The maximum Gasteiger partial charge on any atom is 0.229 e. The van der Waals surface area contributed by atoms with Crippen LogP contribution in [0, 0.1) is 12.7 Å². The second-order valence-corrected chi connectivity index (χ2v) is 11.2. The largest absolute Gasteiger partial charge is 0.378 e. The zero-order valence-corrected chi connectivity index (χ0v) is 23.0. The van der Waals surface area contributed by atoms with Gasteiger partial charge >= 0.3 is 0 Å². The first-order valence-corrected chi connectivity index (χ1v) is 14.4. The molecule has 1 N–H and O–H groups in total. The highest BCUT2D eigenvalue weighted by Gasteiger charge is 2.31. The lowest BCUT2D eigenvalue weighted by Gasteiger charge is -2.35. The van der Waals surface area contributed by atoms with Crippen molar-refractivity contribution in [1.82, 2.24) is 24.3 Å². The van der Waals surface area contributed by atoms with Crippen LogP contribution in [0.1, 0.15) is 24.0 Å². The quantitative estimate of drug-likeness (QED) is 0.363. The summed E-state index contributed by atoms with van der Waals surface area (Å²) in [5.41, 5.74) is 5.66. The minimum Gasteiger partial charge on any atom is -0.378 e. The number of hydrogen-bond donors (Lipinski definition) is 1. The van der Waals surface area contributed by atoms with Gasteiger partial charge in [0.2, 0.25) is 5.95 Å². The fourth-order valence-electron chi connectivity index (χ4n) is 5.91. The lowest BCUT2D eigenvalue weighted by molar-refractivity contribution is 0.121. The summed E-state index contributed by atoms with van der Waals surface area (Å²) < 4.78 is 22.5. The van der Waals surface area contributed by atoms with Crippen LogP contribution in [-0.4, -0.2) is 82.9 Å². The van der Waals surface area contributed by atoms with Crippen LogP contribution in [0.25, 0.3) is 16.7 Å². The van der Waals surface area contributed by atoms with Crippen molar-refractivity contribution in [3.8, 4) is 5.69 Å². The van der Waals surface area contributed by atoms with Crippen LogP contribution in [0.2, 0.25) is 0 Å². The average Bonchev–Trinajstić information content (AvgIpc) is 3.75. The molecule has 1 aliphatic carbocycles. The average molecular weight is 542 g/mol. The van der Waals surface area contributed by atoms with Gasteiger partial charge in [0.25, 0.3) is 0 Å². The molecular formula is C31H36FN7O. The zero-order chi connectivity index (χ0) is 27.1. The smallest absolute Gasteiger partial charge is 0.229 e. The molecule has 0 radical (unpaired) electrons. The predicted molar refractivity (Wildman–Crippen MR) is 156 cm³/mol. The number of piperazine rings is 1. The summed E-state index contributed by atoms with van der Waals surface area (Å²) in [6.07, 6.45) is 6.49. The van der Waals surface area contributed by atoms with E-state index in [0.29, 0.717) is 37.9 Å². The number of aromatic nitrogens is 3. The molecule has 0 amide bonds. The van der Waals surface area contributed by atoms with Crippen LogP contribution >= 0.6 is 0 Å². The fourth-order valence-corrected chi connectivity index (χ4v) is 5.91. The molecule has 0 spiro atoms. The van der Waals surface area contributed by atoms with Crippen molar-refractivity contribution >= 4 is 28.4 Å². The third kappa shape index (κ3) is 5.29. The molecule has 0 unspecified atom stereocenters. The van der Waals surface area contributed by atoms with E-state index in [0.717, 1.165) is 48.1 Å². The Kier molecular flexibility index (Phi) is 6.87. The molecule has 2 saturated heterocycles. The first-order chi connectivity index (χ1) is 19.6. The van der Waals surface area contributed by atoms with E-state index in [2.05, 4.69) is 45.2 Å². The number of nitrogens with one attached hydrogen (secondary N) is 1. The molecule has 7 rings (SSSR count). The van der Waals surface area contributed by atoms with E-state index >= 15 is 4.39 Å². The highest BCUT2D eigenvalue weighted by atomic mass is 19.1. The molecule has 0 bridgehead atoms. The molecule has 2 aromatic heterocycles. The third-order valence-corrected chi connectivity index (χ3v) is 8.46. The summed E-state index contributed by atoms with van der Waals surface area (Å²) in [5, 5.41) is 4.31. The van der Waals surface area contributed by atoms with Crippen molar-refractivity contribution in [3.63, 3.8) is 0 Å². The molecule has 3 fully saturated rings. The summed E-state index contributed by atoms with van der Waals surface area (Å²) >= 11 is 0. The number of fused-ring (bicyclic) bond motifs is 1. The molecule has 1 saturated carbocycles. The van der Waals surface area contributed by atoms with Gasteiger partial charge in [-0.1, -0.05) is 6.07 Å². The van der Waals surface area contributed by atoms with E-state index < -0.39 is 0 Å². The maximum absolute atomic E-state index is 15.1. The Bertz CT molecular complexity index is 1500. The highest BCUT2D eigenvalue weighted by molar-refractivity contribution is 5.79. The number of hydrogen-bond acceptors (Lipinski definition) is 7. The van der Waals surface area contributed by atoms with Crippen LogP contribution in [0.5, 0.6) is 0 Å². The van der Waals surface area contributed by atoms with Gasteiger partial charge in [-0.3, -0.25) is 9.80 Å². The number of ether oxygens (including phenoxy) is 1. The lowest BCUT2D eigenvalue weighted by atomic mass is 10.1. The van der Waals surface area contributed by atoms with Gasteiger partial charge in [-0.15, -0.1) is 0 Å². The summed E-state index contributed by atoms with van der Waals surface area (Å²) in [7, 11) is 0.